The Morgan fingerprint density at radius 1 is 1.18 bits per heavy atom. The largest absolute Gasteiger partial charge is 0.454 e. The molecule has 0 spiro atoms. The number of carbonyl (C=O) groups excluding carboxylic acids is 2. The summed E-state index contributed by atoms with van der Waals surface area (Å²) in [4.78, 5) is 23.5. The fraction of sp³-hybridized carbons (Fsp3) is 0.467. The third-order valence-corrected chi connectivity index (χ3v) is 5.01. The van der Waals surface area contributed by atoms with Gasteiger partial charge in [0.2, 0.25) is 12.7 Å². The molecule has 0 saturated heterocycles. The van der Waals surface area contributed by atoms with Gasteiger partial charge in [-0.25, -0.2) is 4.79 Å². The topological polar surface area (TPSA) is 76.7 Å². The van der Waals surface area contributed by atoms with Gasteiger partial charge in [0.25, 0.3) is 0 Å². The molecule has 3 rings (SSSR count). The van der Waals surface area contributed by atoms with Crippen LogP contribution in [-0.4, -0.2) is 29.7 Å². The molecule has 6 nitrogen and oxygen atoms in total. The average molecular weight is 322 g/mol. The predicted molar refractivity (Wildman–Crippen MR) is 84.4 cm³/mol. The molecular weight excluding hydrogens is 304 g/mol. The molecule has 1 aromatic rings. The predicted octanol–water partition coefficient (Wildman–Crippen LogP) is 2.74. The van der Waals surface area contributed by atoms with Crippen LogP contribution in [0.15, 0.2) is 18.2 Å². The van der Waals surface area contributed by atoms with Crippen LogP contribution in [0.2, 0.25) is 0 Å². The standard InChI is InChI=1S/C15H18N2O4S/c18-14(8-22-11-3-1-2-4-11)17-15(19)16-10-5-6-12-13(7-10)21-9-20-12/h5-7,11H,1-4,8-9H2,(H2,16,17,18,19). The van der Waals surface area contributed by atoms with Crippen molar-refractivity contribution >= 4 is 29.4 Å². The van der Waals surface area contributed by atoms with E-state index in [9.17, 15) is 9.59 Å². The van der Waals surface area contributed by atoms with Crippen molar-refractivity contribution in [2.45, 2.75) is 30.9 Å². The van der Waals surface area contributed by atoms with Crippen molar-refractivity contribution in [3.05, 3.63) is 18.2 Å². The van der Waals surface area contributed by atoms with Crippen molar-refractivity contribution in [1.82, 2.24) is 5.32 Å². The number of ether oxygens (including phenoxy) is 2. The van der Waals surface area contributed by atoms with Gasteiger partial charge >= 0.3 is 6.03 Å². The summed E-state index contributed by atoms with van der Waals surface area (Å²) in [5, 5.41) is 5.51. The molecule has 2 N–H and O–H groups in total. The summed E-state index contributed by atoms with van der Waals surface area (Å²) in [6.07, 6.45) is 4.82. The highest BCUT2D eigenvalue weighted by Gasteiger charge is 2.18. The van der Waals surface area contributed by atoms with Crippen LogP contribution in [-0.2, 0) is 4.79 Å². The van der Waals surface area contributed by atoms with E-state index in [1.807, 2.05) is 0 Å². The van der Waals surface area contributed by atoms with E-state index in [1.54, 1.807) is 30.0 Å². The Hall–Kier alpha value is -1.89. The Balaban J connectivity index is 1.44. The number of rotatable bonds is 4. The van der Waals surface area contributed by atoms with E-state index < -0.39 is 6.03 Å². The molecule has 0 bridgehead atoms. The van der Waals surface area contributed by atoms with Gasteiger partial charge in [-0.2, -0.15) is 0 Å². The number of urea groups is 1. The second-order valence-electron chi connectivity index (χ2n) is 5.29. The number of nitrogens with one attached hydrogen (secondary N) is 2. The van der Waals surface area contributed by atoms with Crippen molar-refractivity contribution in [1.29, 1.82) is 0 Å². The number of carbonyl (C=O) groups is 2. The molecule has 0 aromatic heterocycles. The van der Waals surface area contributed by atoms with E-state index in [4.69, 9.17) is 9.47 Å². The molecule has 2 aliphatic rings. The number of fused-ring (bicyclic) bond motifs is 1. The maximum Gasteiger partial charge on any atom is 0.325 e. The van der Waals surface area contributed by atoms with Crippen LogP contribution >= 0.6 is 11.8 Å². The number of imide groups is 1. The Kier molecular flexibility index (Phi) is 4.72. The average Bonchev–Trinajstić information content (AvgIpc) is 3.15. The van der Waals surface area contributed by atoms with Gasteiger partial charge in [0.05, 0.1) is 5.75 Å². The fourth-order valence-electron chi connectivity index (χ4n) is 2.55. The molecule has 3 amide bonds. The van der Waals surface area contributed by atoms with E-state index in [0.717, 1.165) is 0 Å². The van der Waals surface area contributed by atoms with Gasteiger partial charge < -0.3 is 14.8 Å². The minimum atomic E-state index is -0.532. The molecule has 0 unspecified atom stereocenters. The molecule has 7 heteroatoms. The Morgan fingerprint density at radius 3 is 2.77 bits per heavy atom. The zero-order valence-corrected chi connectivity index (χ0v) is 12.9. The molecule has 1 saturated carbocycles. The van der Waals surface area contributed by atoms with Gasteiger partial charge in [-0.1, -0.05) is 12.8 Å². The van der Waals surface area contributed by atoms with Crippen LogP contribution in [0.5, 0.6) is 11.5 Å². The van der Waals surface area contributed by atoms with Gasteiger partial charge in [0, 0.05) is 17.0 Å². The van der Waals surface area contributed by atoms with Crippen LogP contribution in [0.3, 0.4) is 0 Å². The van der Waals surface area contributed by atoms with E-state index in [0.29, 0.717) is 28.2 Å². The molecule has 22 heavy (non-hydrogen) atoms. The molecule has 1 heterocycles. The van der Waals surface area contributed by atoms with Crippen molar-refractivity contribution in [2.75, 3.05) is 17.9 Å². The zero-order valence-electron chi connectivity index (χ0n) is 12.1. The third kappa shape index (κ3) is 3.85. The summed E-state index contributed by atoms with van der Waals surface area (Å²) >= 11 is 1.63. The highest BCUT2D eigenvalue weighted by Crippen LogP contribution is 2.34. The normalized spacial score (nSPS) is 16.5. The summed E-state index contributed by atoms with van der Waals surface area (Å²) in [6.45, 7) is 0.182. The lowest BCUT2D eigenvalue weighted by atomic mass is 10.3. The first kappa shape index (κ1) is 15.0. The zero-order chi connectivity index (χ0) is 15.4. The molecule has 1 aliphatic heterocycles. The second-order valence-corrected chi connectivity index (χ2v) is 6.58. The number of anilines is 1. The lowest BCUT2D eigenvalue weighted by Gasteiger charge is -2.09. The molecule has 1 aliphatic carbocycles. The number of thioether (sulfide) groups is 1. The van der Waals surface area contributed by atoms with Gasteiger partial charge in [-0.05, 0) is 25.0 Å². The van der Waals surface area contributed by atoms with E-state index in [2.05, 4.69) is 10.6 Å². The number of benzene rings is 1. The Morgan fingerprint density at radius 2 is 1.95 bits per heavy atom. The minimum Gasteiger partial charge on any atom is -0.454 e. The summed E-state index contributed by atoms with van der Waals surface area (Å²) in [5.41, 5.74) is 0.554. The van der Waals surface area contributed by atoms with Crippen molar-refractivity contribution in [3.63, 3.8) is 0 Å². The van der Waals surface area contributed by atoms with Gasteiger partial charge in [-0.15, -0.1) is 11.8 Å². The number of amides is 3. The van der Waals surface area contributed by atoms with Gasteiger partial charge in [-0.3, -0.25) is 10.1 Å². The minimum absolute atomic E-state index is 0.182. The maximum absolute atomic E-state index is 11.8. The summed E-state index contributed by atoms with van der Waals surface area (Å²) in [7, 11) is 0. The Bertz CT molecular complexity index is 573. The molecule has 0 atom stereocenters. The monoisotopic (exact) mass is 322 g/mol. The lowest BCUT2D eigenvalue weighted by molar-refractivity contribution is -0.117. The smallest absolute Gasteiger partial charge is 0.325 e. The van der Waals surface area contributed by atoms with Crippen molar-refractivity contribution < 1.29 is 19.1 Å². The number of hydrogen-bond donors (Lipinski definition) is 2. The van der Waals surface area contributed by atoms with Crippen LogP contribution in [0.4, 0.5) is 10.5 Å². The summed E-state index contributed by atoms with van der Waals surface area (Å²) < 4.78 is 10.4. The molecule has 1 aromatic carbocycles. The molecular formula is C15H18N2O4S. The molecule has 118 valence electrons. The molecule has 1 fully saturated rings. The molecule has 0 radical (unpaired) electrons. The maximum atomic E-state index is 11.8. The second kappa shape index (κ2) is 6.91. The quantitative estimate of drug-likeness (QED) is 0.891. The SMILES string of the molecule is O=C(CSC1CCCC1)NC(=O)Nc1ccc2c(c1)OCO2. The fourth-order valence-corrected chi connectivity index (χ4v) is 3.67. The summed E-state index contributed by atoms with van der Waals surface area (Å²) in [5.74, 6) is 1.28. The highest BCUT2D eigenvalue weighted by molar-refractivity contribution is 8.00. The van der Waals surface area contributed by atoms with Crippen LogP contribution in [0, 0.1) is 0 Å². The van der Waals surface area contributed by atoms with E-state index in [-0.39, 0.29) is 12.7 Å². The Labute approximate surface area is 132 Å². The van der Waals surface area contributed by atoms with Crippen molar-refractivity contribution in [2.24, 2.45) is 0 Å². The van der Waals surface area contributed by atoms with E-state index in [1.165, 1.54) is 25.7 Å². The van der Waals surface area contributed by atoms with Crippen LogP contribution < -0.4 is 20.1 Å². The number of hydrogen-bond acceptors (Lipinski definition) is 5. The summed E-state index contributed by atoms with van der Waals surface area (Å²) in [6, 6.07) is 4.55. The third-order valence-electron chi connectivity index (χ3n) is 3.64. The lowest BCUT2D eigenvalue weighted by Crippen LogP contribution is -2.35. The van der Waals surface area contributed by atoms with Crippen LogP contribution in [0.25, 0.3) is 0 Å². The first-order valence-corrected chi connectivity index (χ1v) is 8.38. The highest BCUT2D eigenvalue weighted by atomic mass is 32.2. The van der Waals surface area contributed by atoms with Gasteiger partial charge in [0.1, 0.15) is 0 Å². The van der Waals surface area contributed by atoms with Crippen LogP contribution in [0.1, 0.15) is 25.7 Å². The first-order chi connectivity index (χ1) is 10.7. The van der Waals surface area contributed by atoms with E-state index >= 15 is 0 Å². The van der Waals surface area contributed by atoms with Crippen molar-refractivity contribution in [3.8, 4) is 11.5 Å². The first-order valence-electron chi connectivity index (χ1n) is 7.33. The van der Waals surface area contributed by atoms with Gasteiger partial charge in [0.15, 0.2) is 11.5 Å².